The number of esters is 1. The van der Waals surface area contributed by atoms with Crippen molar-refractivity contribution in [2.45, 2.75) is 65.1 Å². The molecule has 0 saturated carbocycles. The van der Waals surface area contributed by atoms with Crippen LogP contribution in [0.3, 0.4) is 0 Å². The molecule has 1 saturated heterocycles. The number of aliphatic hydroxyl groups is 1. The van der Waals surface area contributed by atoms with E-state index in [1.807, 2.05) is 6.92 Å². The van der Waals surface area contributed by atoms with Gasteiger partial charge in [0.25, 0.3) is 0 Å². The largest absolute Gasteiger partial charge is 0.456 e. The average molecular weight is 352 g/mol. The number of halogens is 1. The molecule has 1 aliphatic rings. The number of carbonyl (C=O) groups is 1. The molecule has 25 heavy (non-hydrogen) atoms. The van der Waals surface area contributed by atoms with Gasteiger partial charge in [0.2, 0.25) is 0 Å². The lowest BCUT2D eigenvalue weighted by molar-refractivity contribution is -0.0733. The Morgan fingerprint density at radius 2 is 1.92 bits per heavy atom. The molecular formula is C20H29FO4. The summed E-state index contributed by atoms with van der Waals surface area (Å²) in [4.78, 5) is 12.5. The van der Waals surface area contributed by atoms with Crippen molar-refractivity contribution in [1.82, 2.24) is 0 Å². The Kier molecular flexibility index (Phi) is 5.89. The van der Waals surface area contributed by atoms with Crippen LogP contribution in [0.5, 0.6) is 0 Å². The molecule has 2 rings (SSSR count). The first-order chi connectivity index (χ1) is 11.6. The highest BCUT2D eigenvalue weighted by Crippen LogP contribution is 2.40. The molecule has 0 spiro atoms. The van der Waals surface area contributed by atoms with Gasteiger partial charge in [-0.05, 0) is 76.1 Å². The summed E-state index contributed by atoms with van der Waals surface area (Å²) in [7, 11) is 0. The summed E-state index contributed by atoms with van der Waals surface area (Å²) in [5, 5.41) is 11.3. The fraction of sp³-hybridized carbons (Fsp3) is 0.650. The Morgan fingerprint density at radius 1 is 1.32 bits per heavy atom. The van der Waals surface area contributed by atoms with Gasteiger partial charge in [0.05, 0.1) is 11.2 Å². The number of carbonyl (C=O) groups excluding carboxylic acids is 1. The molecule has 0 bridgehead atoms. The van der Waals surface area contributed by atoms with Crippen molar-refractivity contribution in [3.05, 3.63) is 34.6 Å². The topological polar surface area (TPSA) is 55.8 Å². The minimum absolute atomic E-state index is 0.0279. The molecule has 4 nitrogen and oxygen atoms in total. The number of ether oxygens (including phenoxy) is 2. The van der Waals surface area contributed by atoms with Crippen LogP contribution in [0.25, 0.3) is 0 Å². The maximum absolute atomic E-state index is 14.5. The van der Waals surface area contributed by atoms with Gasteiger partial charge in [0, 0.05) is 13.2 Å². The Morgan fingerprint density at radius 3 is 2.44 bits per heavy atom. The molecule has 1 unspecified atom stereocenters. The molecule has 0 aromatic heterocycles. The second-order valence-corrected chi connectivity index (χ2v) is 7.80. The van der Waals surface area contributed by atoms with Crippen LogP contribution in [0.2, 0.25) is 0 Å². The Hall–Kier alpha value is -1.46. The van der Waals surface area contributed by atoms with Crippen LogP contribution in [0.1, 0.15) is 68.4 Å². The normalized spacial score (nSPS) is 18.7. The fourth-order valence-electron chi connectivity index (χ4n) is 3.38. The first kappa shape index (κ1) is 19.9. The van der Waals surface area contributed by atoms with Crippen molar-refractivity contribution in [2.75, 3.05) is 13.2 Å². The predicted octanol–water partition coefficient (Wildman–Crippen LogP) is 4.11. The average Bonchev–Trinajstić information content (AvgIpc) is 2.55. The molecule has 0 amide bonds. The van der Waals surface area contributed by atoms with E-state index in [4.69, 9.17) is 9.47 Å². The van der Waals surface area contributed by atoms with E-state index in [-0.39, 0.29) is 17.0 Å². The highest BCUT2D eigenvalue weighted by Gasteiger charge is 2.39. The maximum atomic E-state index is 14.5. The zero-order valence-electron chi connectivity index (χ0n) is 15.8. The van der Waals surface area contributed by atoms with Crippen molar-refractivity contribution in [1.29, 1.82) is 0 Å². The van der Waals surface area contributed by atoms with E-state index in [0.717, 1.165) is 0 Å². The van der Waals surface area contributed by atoms with Crippen molar-refractivity contribution in [3.63, 3.8) is 0 Å². The van der Waals surface area contributed by atoms with Crippen LogP contribution in [-0.2, 0) is 15.1 Å². The van der Waals surface area contributed by atoms with Crippen LogP contribution in [-0.4, -0.2) is 29.9 Å². The molecule has 1 aromatic rings. The molecule has 5 heteroatoms. The van der Waals surface area contributed by atoms with Gasteiger partial charge in [0.1, 0.15) is 11.4 Å². The number of hydrogen-bond donors (Lipinski definition) is 1. The van der Waals surface area contributed by atoms with Crippen molar-refractivity contribution in [3.8, 4) is 0 Å². The highest BCUT2D eigenvalue weighted by atomic mass is 19.1. The molecule has 0 radical (unpaired) electrons. The summed E-state index contributed by atoms with van der Waals surface area (Å²) in [6.07, 6.45) is 1.86. The molecular weight excluding hydrogens is 323 g/mol. The number of benzene rings is 1. The first-order valence-electron chi connectivity index (χ1n) is 8.92. The second kappa shape index (κ2) is 7.42. The van der Waals surface area contributed by atoms with Gasteiger partial charge in [-0.25, -0.2) is 9.18 Å². The van der Waals surface area contributed by atoms with Crippen LogP contribution >= 0.6 is 0 Å². The van der Waals surface area contributed by atoms with Crippen LogP contribution in [0.4, 0.5) is 4.39 Å². The third-order valence-corrected chi connectivity index (χ3v) is 4.90. The van der Waals surface area contributed by atoms with Gasteiger partial charge >= 0.3 is 5.97 Å². The number of rotatable bonds is 4. The second-order valence-electron chi connectivity index (χ2n) is 7.80. The van der Waals surface area contributed by atoms with E-state index >= 15 is 0 Å². The van der Waals surface area contributed by atoms with E-state index in [2.05, 4.69) is 0 Å². The van der Waals surface area contributed by atoms with E-state index in [9.17, 15) is 14.3 Å². The molecule has 1 aliphatic heterocycles. The van der Waals surface area contributed by atoms with Gasteiger partial charge in [0.15, 0.2) is 0 Å². The molecule has 140 valence electrons. The minimum Gasteiger partial charge on any atom is -0.456 e. The van der Waals surface area contributed by atoms with Crippen molar-refractivity contribution >= 4 is 5.97 Å². The van der Waals surface area contributed by atoms with Gasteiger partial charge in [-0.15, -0.1) is 0 Å². The molecule has 1 fully saturated rings. The smallest absolute Gasteiger partial charge is 0.339 e. The third kappa shape index (κ3) is 4.39. The standard InChI is InChI=1S/C20H29FO4/c1-6-20(23,14-7-9-24-10-8-14)15-11-16(13(2)17(21)12-15)18(22)25-19(3,4)5/h11-12,14,23H,6-10H2,1-5H3. The fourth-order valence-corrected chi connectivity index (χ4v) is 3.38. The monoisotopic (exact) mass is 352 g/mol. The first-order valence-corrected chi connectivity index (χ1v) is 8.92. The lowest BCUT2D eigenvalue weighted by atomic mass is 9.75. The summed E-state index contributed by atoms with van der Waals surface area (Å²) < 4.78 is 25.3. The summed E-state index contributed by atoms with van der Waals surface area (Å²) in [5.41, 5.74) is -1.01. The highest BCUT2D eigenvalue weighted by molar-refractivity contribution is 5.91. The molecule has 1 aromatic carbocycles. The Balaban J connectivity index is 2.45. The van der Waals surface area contributed by atoms with E-state index in [1.54, 1.807) is 33.8 Å². The zero-order chi connectivity index (χ0) is 18.8. The quantitative estimate of drug-likeness (QED) is 0.829. The number of hydrogen-bond acceptors (Lipinski definition) is 4. The van der Waals surface area contributed by atoms with Gasteiger partial charge in [-0.3, -0.25) is 0 Å². The molecule has 1 N–H and O–H groups in total. The van der Waals surface area contributed by atoms with E-state index in [0.29, 0.717) is 38.0 Å². The van der Waals surface area contributed by atoms with E-state index < -0.39 is 23.0 Å². The minimum atomic E-state index is -1.19. The summed E-state index contributed by atoms with van der Waals surface area (Å²) >= 11 is 0. The third-order valence-electron chi connectivity index (χ3n) is 4.90. The van der Waals surface area contributed by atoms with Gasteiger partial charge in [-0.1, -0.05) is 6.92 Å². The lowest BCUT2D eigenvalue weighted by Gasteiger charge is -2.38. The summed E-state index contributed by atoms with van der Waals surface area (Å²) in [6, 6.07) is 2.94. The summed E-state index contributed by atoms with van der Waals surface area (Å²) in [5.74, 6) is -1.10. The van der Waals surface area contributed by atoms with E-state index in [1.165, 1.54) is 6.07 Å². The van der Waals surface area contributed by atoms with Crippen molar-refractivity contribution in [2.24, 2.45) is 5.92 Å². The maximum Gasteiger partial charge on any atom is 0.339 e. The molecule has 0 aliphatic carbocycles. The van der Waals surface area contributed by atoms with Gasteiger partial charge < -0.3 is 14.6 Å². The van der Waals surface area contributed by atoms with Crippen LogP contribution in [0, 0.1) is 18.7 Å². The van der Waals surface area contributed by atoms with Crippen LogP contribution < -0.4 is 0 Å². The predicted molar refractivity (Wildman–Crippen MR) is 94.0 cm³/mol. The Bertz CT molecular complexity index is 629. The molecule has 1 atom stereocenters. The summed E-state index contributed by atoms with van der Waals surface area (Å²) in [6.45, 7) is 9.90. The SMILES string of the molecule is CCC(O)(c1cc(F)c(C)c(C(=O)OC(C)(C)C)c1)C1CCOCC1. The van der Waals surface area contributed by atoms with Crippen molar-refractivity contribution < 1.29 is 23.8 Å². The Labute approximate surface area is 149 Å². The van der Waals surface area contributed by atoms with Gasteiger partial charge in [-0.2, -0.15) is 0 Å². The van der Waals surface area contributed by atoms with Crippen LogP contribution in [0.15, 0.2) is 12.1 Å². The molecule has 1 heterocycles. The zero-order valence-corrected chi connectivity index (χ0v) is 15.8. The lowest BCUT2D eigenvalue weighted by Crippen LogP contribution is -2.38.